The highest BCUT2D eigenvalue weighted by molar-refractivity contribution is 7.98. The molecule has 0 aliphatic carbocycles. The first-order valence-corrected chi connectivity index (χ1v) is 9.30. The van der Waals surface area contributed by atoms with Crippen molar-refractivity contribution in [2.45, 2.75) is 24.8 Å². The maximum Gasteiger partial charge on any atom is 0.237 e. The van der Waals surface area contributed by atoms with Crippen molar-refractivity contribution in [2.75, 3.05) is 0 Å². The first kappa shape index (κ1) is 16.6. The van der Waals surface area contributed by atoms with Crippen LogP contribution in [-0.2, 0) is 5.75 Å². The first-order valence-electron chi connectivity index (χ1n) is 8.32. The smallest absolute Gasteiger partial charge is 0.237 e. The third kappa shape index (κ3) is 3.55. The van der Waals surface area contributed by atoms with Crippen LogP contribution in [0.4, 0.5) is 0 Å². The zero-order valence-electron chi connectivity index (χ0n) is 14.6. The molecule has 0 amide bonds. The lowest BCUT2D eigenvalue weighted by atomic mass is 10.1. The third-order valence-electron chi connectivity index (χ3n) is 3.99. The molecule has 0 unspecified atom stereocenters. The van der Waals surface area contributed by atoms with Crippen LogP contribution in [0.25, 0.3) is 17.1 Å². The molecule has 4 aromatic rings. The summed E-state index contributed by atoms with van der Waals surface area (Å²) in [6, 6.07) is 16.4. The summed E-state index contributed by atoms with van der Waals surface area (Å²) in [5.74, 6) is 1.78. The number of benzene rings is 2. The molecule has 5 nitrogen and oxygen atoms in total. The highest BCUT2D eigenvalue weighted by atomic mass is 32.2. The Morgan fingerprint density at radius 1 is 1.04 bits per heavy atom. The second kappa shape index (κ2) is 7.17. The Hall–Kier alpha value is -2.86. The van der Waals surface area contributed by atoms with Crippen molar-refractivity contribution in [1.82, 2.24) is 19.7 Å². The Morgan fingerprint density at radius 2 is 1.88 bits per heavy atom. The molecule has 0 N–H and O–H groups in total. The van der Waals surface area contributed by atoms with Crippen LogP contribution in [0.5, 0.6) is 0 Å². The minimum Gasteiger partial charge on any atom is -0.338 e. The second-order valence-electron chi connectivity index (χ2n) is 6.09. The Bertz CT molecular complexity index is 1020. The van der Waals surface area contributed by atoms with Crippen LogP contribution in [0, 0.1) is 13.8 Å². The van der Waals surface area contributed by atoms with Crippen molar-refractivity contribution < 1.29 is 4.52 Å². The van der Waals surface area contributed by atoms with Crippen molar-refractivity contribution in [3.63, 3.8) is 0 Å². The molecule has 0 aliphatic rings. The van der Waals surface area contributed by atoms with Gasteiger partial charge in [0.15, 0.2) is 5.16 Å². The van der Waals surface area contributed by atoms with Gasteiger partial charge in [0.1, 0.15) is 0 Å². The molecule has 2 aromatic heterocycles. The van der Waals surface area contributed by atoms with Crippen LogP contribution in [0.1, 0.15) is 17.0 Å². The van der Waals surface area contributed by atoms with Gasteiger partial charge in [0.2, 0.25) is 11.7 Å². The lowest BCUT2D eigenvalue weighted by Gasteiger charge is -2.06. The Balaban J connectivity index is 1.49. The maximum absolute atomic E-state index is 5.40. The fourth-order valence-corrected chi connectivity index (χ4v) is 3.45. The maximum atomic E-state index is 5.40. The van der Waals surface area contributed by atoms with E-state index in [0.29, 0.717) is 17.5 Å². The first-order chi connectivity index (χ1) is 12.7. The van der Waals surface area contributed by atoms with E-state index in [9.17, 15) is 0 Å². The fraction of sp³-hybridized carbons (Fsp3) is 0.150. The van der Waals surface area contributed by atoms with Gasteiger partial charge in [0.05, 0.1) is 5.75 Å². The van der Waals surface area contributed by atoms with Crippen LogP contribution < -0.4 is 0 Å². The molecule has 0 fully saturated rings. The molecule has 0 spiro atoms. The van der Waals surface area contributed by atoms with Gasteiger partial charge >= 0.3 is 0 Å². The zero-order valence-corrected chi connectivity index (χ0v) is 15.4. The SMILES string of the molecule is Cc1ccc(-n2ccnc2SCc2nc(-c3cccc(C)c3)no2)cc1. The van der Waals surface area contributed by atoms with Crippen LogP contribution in [-0.4, -0.2) is 19.7 Å². The predicted octanol–water partition coefficient (Wildman–Crippen LogP) is 4.83. The van der Waals surface area contributed by atoms with Gasteiger partial charge in [-0.3, -0.25) is 4.57 Å². The monoisotopic (exact) mass is 362 g/mol. The van der Waals surface area contributed by atoms with Gasteiger partial charge in [0, 0.05) is 23.6 Å². The number of aryl methyl sites for hydroxylation is 2. The normalized spacial score (nSPS) is 11.0. The summed E-state index contributed by atoms with van der Waals surface area (Å²) in [5.41, 5.74) is 4.45. The molecular formula is C20H18N4OS. The van der Waals surface area contributed by atoms with Gasteiger partial charge in [0.25, 0.3) is 0 Å². The highest BCUT2D eigenvalue weighted by Crippen LogP contribution is 2.25. The fourth-order valence-electron chi connectivity index (χ4n) is 2.64. The lowest BCUT2D eigenvalue weighted by molar-refractivity contribution is 0.391. The van der Waals surface area contributed by atoms with Crippen molar-refractivity contribution in [1.29, 1.82) is 0 Å². The van der Waals surface area contributed by atoms with Gasteiger partial charge in [-0.1, -0.05) is 58.4 Å². The van der Waals surface area contributed by atoms with E-state index < -0.39 is 0 Å². The standard InChI is InChI=1S/C20H18N4OS/c1-14-6-8-17(9-7-14)24-11-10-21-20(24)26-13-18-22-19(23-25-18)16-5-3-4-15(2)12-16/h3-12H,13H2,1-2H3. The molecule has 0 atom stereocenters. The number of hydrogen-bond donors (Lipinski definition) is 0. The Morgan fingerprint density at radius 3 is 2.69 bits per heavy atom. The number of hydrogen-bond acceptors (Lipinski definition) is 5. The molecule has 2 aromatic carbocycles. The third-order valence-corrected chi connectivity index (χ3v) is 4.94. The van der Waals surface area contributed by atoms with E-state index in [-0.39, 0.29) is 0 Å². The van der Waals surface area contributed by atoms with E-state index in [1.165, 1.54) is 11.1 Å². The van der Waals surface area contributed by atoms with Crippen molar-refractivity contribution in [3.8, 4) is 17.1 Å². The van der Waals surface area contributed by atoms with Gasteiger partial charge < -0.3 is 4.52 Å². The highest BCUT2D eigenvalue weighted by Gasteiger charge is 2.12. The number of rotatable bonds is 5. The summed E-state index contributed by atoms with van der Waals surface area (Å²) in [6.07, 6.45) is 3.76. The summed E-state index contributed by atoms with van der Waals surface area (Å²) in [5, 5.41) is 4.98. The summed E-state index contributed by atoms with van der Waals surface area (Å²) in [7, 11) is 0. The molecule has 0 bridgehead atoms. The van der Waals surface area contributed by atoms with Gasteiger partial charge in [-0.25, -0.2) is 4.98 Å². The summed E-state index contributed by atoms with van der Waals surface area (Å²) in [6.45, 7) is 4.12. The van der Waals surface area contributed by atoms with E-state index in [0.717, 1.165) is 16.4 Å². The number of nitrogens with zero attached hydrogens (tertiary/aromatic N) is 4. The van der Waals surface area contributed by atoms with Crippen LogP contribution >= 0.6 is 11.8 Å². The van der Waals surface area contributed by atoms with E-state index in [1.54, 1.807) is 18.0 Å². The molecule has 6 heteroatoms. The second-order valence-corrected chi connectivity index (χ2v) is 7.03. The summed E-state index contributed by atoms with van der Waals surface area (Å²) < 4.78 is 7.46. The predicted molar refractivity (Wildman–Crippen MR) is 102 cm³/mol. The number of aromatic nitrogens is 4. The van der Waals surface area contributed by atoms with Gasteiger partial charge in [-0.05, 0) is 32.0 Å². The number of imidazole rings is 1. The minimum atomic E-state index is 0.571. The molecule has 4 rings (SSSR count). The molecule has 0 aliphatic heterocycles. The van der Waals surface area contributed by atoms with Gasteiger partial charge in [-0.2, -0.15) is 4.98 Å². The largest absolute Gasteiger partial charge is 0.338 e. The molecule has 0 saturated carbocycles. The average Bonchev–Trinajstić information content (AvgIpc) is 3.30. The lowest BCUT2D eigenvalue weighted by Crippen LogP contribution is -1.95. The van der Waals surface area contributed by atoms with E-state index in [2.05, 4.69) is 50.9 Å². The Labute approximate surface area is 156 Å². The van der Waals surface area contributed by atoms with Crippen LogP contribution in [0.3, 0.4) is 0 Å². The topological polar surface area (TPSA) is 56.7 Å². The average molecular weight is 362 g/mol. The van der Waals surface area contributed by atoms with E-state index in [4.69, 9.17) is 4.52 Å². The molecule has 26 heavy (non-hydrogen) atoms. The molecule has 130 valence electrons. The van der Waals surface area contributed by atoms with Crippen LogP contribution in [0.2, 0.25) is 0 Å². The number of thioether (sulfide) groups is 1. The van der Waals surface area contributed by atoms with Crippen molar-refractivity contribution >= 4 is 11.8 Å². The van der Waals surface area contributed by atoms with Gasteiger partial charge in [-0.15, -0.1) is 0 Å². The van der Waals surface area contributed by atoms with Crippen molar-refractivity contribution in [2.24, 2.45) is 0 Å². The van der Waals surface area contributed by atoms with E-state index >= 15 is 0 Å². The van der Waals surface area contributed by atoms with Crippen molar-refractivity contribution in [3.05, 3.63) is 77.9 Å². The Kier molecular flexibility index (Phi) is 4.58. The van der Waals surface area contributed by atoms with E-state index in [1.807, 2.05) is 37.4 Å². The summed E-state index contributed by atoms with van der Waals surface area (Å²) in [4.78, 5) is 8.94. The quantitative estimate of drug-likeness (QED) is 0.476. The summed E-state index contributed by atoms with van der Waals surface area (Å²) >= 11 is 1.57. The molecular weight excluding hydrogens is 344 g/mol. The zero-order chi connectivity index (χ0) is 17.9. The minimum absolute atomic E-state index is 0.571. The van der Waals surface area contributed by atoms with Crippen LogP contribution in [0.15, 0.2) is 70.6 Å². The molecule has 0 radical (unpaired) electrons. The molecule has 2 heterocycles. The molecule has 0 saturated heterocycles.